The van der Waals surface area contributed by atoms with E-state index < -0.39 is 5.79 Å². The Hall–Kier alpha value is -0.120. The Morgan fingerprint density at radius 1 is 1.23 bits per heavy atom. The summed E-state index contributed by atoms with van der Waals surface area (Å²) in [6, 6.07) is 0. The van der Waals surface area contributed by atoms with Crippen molar-refractivity contribution in [2.75, 3.05) is 19.8 Å². The second-order valence-electron chi connectivity index (χ2n) is 4.54. The molecule has 0 radical (unpaired) electrons. The highest BCUT2D eigenvalue weighted by atomic mass is 16.7. The highest BCUT2D eigenvalue weighted by Gasteiger charge is 2.38. The van der Waals surface area contributed by atoms with Crippen molar-refractivity contribution in [2.45, 2.75) is 39.4 Å². The second-order valence-corrected chi connectivity index (χ2v) is 4.54. The summed E-state index contributed by atoms with van der Waals surface area (Å²) in [5.74, 6) is -0.399. The van der Waals surface area contributed by atoms with Crippen LogP contribution in [0.3, 0.4) is 0 Å². The predicted molar refractivity (Wildman–Crippen MR) is 52.4 cm³/mol. The molecule has 0 aromatic rings. The van der Waals surface area contributed by atoms with Gasteiger partial charge in [0.2, 0.25) is 0 Å². The molecule has 0 saturated carbocycles. The van der Waals surface area contributed by atoms with Crippen LogP contribution in [0.4, 0.5) is 0 Å². The highest BCUT2D eigenvalue weighted by Crippen LogP contribution is 2.33. The standard InChI is InChI=1S/C10H21NO2/c1-4-10(5-6-11)12-7-9(2,3)8-13-10/h4-8,11H2,1-3H3. The van der Waals surface area contributed by atoms with Gasteiger partial charge in [-0.2, -0.15) is 0 Å². The fourth-order valence-corrected chi connectivity index (χ4v) is 1.48. The van der Waals surface area contributed by atoms with Crippen LogP contribution in [0.1, 0.15) is 33.6 Å². The van der Waals surface area contributed by atoms with E-state index in [1.165, 1.54) is 0 Å². The van der Waals surface area contributed by atoms with Crippen molar-refractivity contribution >= 4 is 0 Å². The fourth-order valence-electron chi connectivity index (χ4n) is 1.48. The van der Waals surface area contributed by atoms with Crippen molar-refractivity contribution in [3.63, 3.8) is 0 Å². The van der Waals surface area contributed by atoms with Gasteiger partial charge in [0.1, 0.15) is 0 Å². The summed E-state index contributed by atoms with van der Waals surface area (Å²) in [4.78, 5) is 0. The molecule has 0 spiro atoms. The molecule has 0 unspecified atom stereocenters. The average molecular weight is 187 g/mol. The van der Waals surface area contributed by atoms with Gasteiger partial charge >= 0.3 is 0 Å². The third kappa shape index (κ3) is 2.66. The van der Waals surface area contributed by atoms with Gasteiger partial charge in [-0.3, -0.25) is 0 Å². The number of ether oxygens (including phenoxy) is 2. The van der Waals surface area contributed by atoms with Crippen LogP contribution in [0.5, 0.6) is 0 Å². The first-order chi connectivity index (χ1) is 6.04. The molecule has 78 valence electrons. The Morgan fingerprint density at radius 3 is 2.15 bits per heavy atom. The largest absolute Gasteiger partial charge is 0.349 e. The van der Waals surface area contributed by atoms with Gasteiger partial charge in [-0.15, -0.1) is 0 Å². The van der Waals surface area contributed by atoms with Crippen molar-refractivity contribution < 1.29 is 9.47 Å². The Balaban J connectivity index is 2.52. The molecule has 1 saturated heterocycles. The quantitative estimate of drug-likeness (QED) is 0.728. The van der Waals surface area contributed by atoms with E-state index in [9.17, 15) is 0 Å². The molecule has 0 bridgehead atoms. The molecule has 1 aliphatic heterocycles. The predicted octanol–water partition coefficient (Wildman–Crippen LogP) is 1.51. The van der Waals surface area contributed by atoms with Crippen LogP contribution >= 0.6 is 0 Å². The third-order valence-corrected chi connectivity index (χ3v) is 2.52. The summed E-state index contributed by atoms with van der Waals surface area (Å²) in [6.07, 6.45) is 1.67. The molecular formula is C10H21NO2. The van der Waals surface area contributed by atoms with E-state index in [-0.39, 0.29) is 5.41 Å². The van der Waals surface area contributed by atoms with Crippen LogP contribution < -0.4 is 5.73 Å². The Bertz CT molecular complexity index is 158. The Morgan fingerprint density at radius 2 is 1.77 bits per heavy atom. The zero-order valence-electron chi connectivity index (χ0n) is 8.93. The van der Waals surface area contributed by atoms with E-state index >= 15 is 0 Å². The molecular weight excluding hydrogens is 166 g/mol. The topological polar surface area (TPSA) is 44.5 Å². The lowest BCUT2D eigenvalue weighted by Crippen LogP contribution is -2.48. The van der Waals surface area contributed by atoms with Crippen molar-refractivity contribution in [1.82, 2.24) is 0 Å². The summed E-state index contributed by atoms with van der Waals surface area (Å²) in [5, 5.41) is 0. The SMILES string of the molecule is CCC1(CCN)OCC(C)(C)CO1. The summed E-state index contributed by atoms with van der Waals surface area (Å²) in [5.41, 5.74) is 5.67. The average Bonchev–Trinajstić information content (AvgIpc) is 2.10. The monoisotopic (exact) mass is 187 g/mol. The van der Waals surface area contributed by atoms with E-state index in [1.807, 2.05) is 0 Å². The van der Waals surface area contributed by atoms with E-state index in [0.717, 1.165) is 26.1 Å². The van der Waals surface area contributed by atoms with Crippen molar-refractivity contribution in [3.8, 4) is 0 Å². The minimum Gasteiger partial charge on any atom is -0.349 e. The maximum Gasteiger partial charge on any atom is 0.169 e. The molecule has 13 heavy (non-hydrogen) atoms. The summed E-state index contributed by atoms with van der Waals surface area (Å²) in [6.45, 7) is 8.52. The number of rotatable bonds is 3. The Kier molecular flexibility index (Phi) is 3.33. The maximum absolute atomic E-state index is 5.77. The van der Waals surface area contributed by atoms with Crippen LogP contribution in [0.15, 0.2) is 0 Å². The summed E-state index contributed by atoms with van der Waals surface area (Å²) >= 11 is 0. The lowest BCUT2D eigenvalue weighted by molar-refractivity contribution is -0.301. The number of hydrogen-bond acceptors (Lipinski definition) is 3. The Labute approximate surface area is 80.6 Å². The van der Waals surface area contributed by atoms with Crippen LogP contribution in [0.25, 0.3) is 0 Å². The molecule has 3 heteroatoms. The first-order valence-corrected chi connectivity index (χ1v) is 5.02. The minimum atomic E-state index is -0.399. The third-order valence-electron chi connectivity index (χ3n) is 2.52. The smallest absolute Gasteiger partial charge is 0.169 e. The molecule has 0 amide bonds. The highest BCUT2D eigenvalue weighted by molar-refractivity contribution is 4.79. The van der Waals surface area contributed by atoms with Gasteiger partial charge in [-0.1, -0.05) is 20.8 Å². The molecule has 0 aliphatic carbocycles. The number of hydrogen-bond donors (Lipinski definition) is 1. The summed E-state index contributed by atoms with van der Waals surface area (Å²) in [7, 11) is 0. The lowest BCUT2D eigenvalue weighted by atomic mass is 9.94. The van der Waals surface area contributed by atoms with Gasteiger partial charge in [-0.05, 0) is 13.0 Å². The van der Waals surface area contributed by atoms with Crippen LogP contribution in [0, 0.1) is 5.41 Å². The first-order valence-electron chi connectivity index (χ1n) is 5.02. The molecule has 1 rings (SSSR count). The molecule has 0 aromatic carbocycles. The van der Waals surface area contributed by atoms with Gasteiger partial charge in [0.25, 0.3) is 0 Å². The molecule has 0 atom stereocenters. The van der Waals surface area contributed by atoms with Crippen LogP contribution in [0.2, 0.25) is 0 Å². The molecule has 1 fully saturated rings. The molecule has 1 aliphatic rings. The molecule has 0 aromatic heterocycles. The van der Waals surface area contributed by atoms with Crippen molar-refractivity contribution in [2.24, 2.45) is 11.1 Å². The number of nitrogens with two attached hydrogens (primary N) is 1. The molecule has 3 nitrogen and oxygen atoms in total. The minimum absolute atomic E-state index is 0.146. The van der Waals surface area contributed by atoms with Gasteiger partial charge < -0.3 is 15.2 Å². The van der Waals surface area contributed by atoms with E-state index in [1.54, 1.807) is 0 Å². The van der Waals surface area contributed by atoms with Crippen molar-refractivity contribution in [3.05, 3.63) is 0 Å². The van der Waals surface area contributed by atoms with E-state index in [4.69, 9.17) is 15.2 Å². The zero-order valence-corrected chi connectivity index (χ0v) is 8.93. The van der Waals surface area contributed by atoms with Crippen LogP contribution in [-0.4, -0.2) is 25.5 Å². The van der Waals surface area contributed by atoms with Gasteiger partial charge in [0.15, 0.2) is 5.79 Å². The van der Waals surface area contributed by atoms with E-state index in [0.29, 0.717) is 6.54 Å². The fraction of sp³-hybridized carbons (Fsp3) is 1.00. The first kappa shape index (κ1) is 11.0. The van der Waals surface area contributed by atoms with Gasteiger partial charge in [0, 0.05) is 11.8 Å². The van der Waals surface area contributed by atoms with Gasteiger partial charge in [-0.25, -0.2) is 0 Å². The molecule has 1 heterocycles. The lowest BCUT2D eigenvalue weighted by Gasteiger charge is -2.43. The maximum atomic E-state index is 5.77. The van der Waals surface area contributed by atoms with E-state index in [2.05, 4.69) is 20.8 Å². The molecule has 2 N–H and O–H groups in total. The second kappa shape index (κ2) is 3.95. The van der Waals surface area contributed by atoms with Crippen LogP contribution in [-0.2, 0) is 9.47 Å². The summed E-state index contributed by atoms with van der Waals surface area (Å²) < 4.78 is 11.5. The van der Waals surface area contributed by atoms with Crippen molar-refractivity contribution in [1.29, 1.82) is 0 Å². The normalized spacial score (nSPS) is 25.8. The zero-order chi connectivity index (χ0) is 9.95. The van der Waals surface area contributed by atoms with Gasteiger partial charge in [0.05, 0.1) is 13.2 Å².